The molecular weight excluding hydrogens is 426 g/mol. The fourth-order valence-electron chi connectivity index (χ4n) is 2.36. The minimum absolute atomic E-state index is 0.146. The van der Waals surface area contributed by atoms with E-state index in [0.717, 1.165) is 18.3 Å². The van der Waals surface area contributed by atoms with Crippen LogP contribution in [0.3, 0.4) is 0 Å². The van der Waals surface area contributed by atoms with Crippen LogP contribution < -0.4 is 5.56 Å². The number of aryl methyl sites for hydroxylation is 1. The summed E-state index contributed by atoms with van der Waals surface area (Å²) < 4.78 is 53.3. The molecule has 0 spiro atoms. The third-order valence-corrected chi connectivity index (χ3v) is 4.41. The van der Waals surface area contributed by atoms with Crippen molar-refractivity contribution >= 4 is 39.2 Å². The molecule has 0 radical (unpaired) electrons. The zero-order valence-corrected chi connectivity index (χ0v) is 14.8. The molecule has 2 heterocycles. The first-order valence-corrected chi connectivity index (χ1v) is 8.24. The van der Waals surface area contributed by atoms with E-state index >= 15 is 0 Å². The Bertz CT molecular complexity index is 1040. The average molecular weight is 434 g/mol. The van der Waals surface area contributed by atoms with Gasteiger partial charge in [-0.25, -0.2) is 8.96 Å². The Labute approximate surface area is 151 Å². The second kappa shape index (κ2) is 6.41. The van der Waals surface area contributed by atoms with Crippen LogP contribution in [0.15, 0.2) is 39.7 Å². The maximum Gasteiger partial charge on any atom is 0.416 e. The van der Waals surface area contributed by atoms with Gasteiger partial charge < -0.3 is 0 Å². The highest BCUT2D eigenvalue weighted by molar-refractivity contribution is 9.10. The Hall–Kier alpha value is -1.94. The molecule has 3 rings (SSSR count). The van der Waals surface area contributed by atoms with Crippen molar-refractivity contribution in [1.82, 2.24) is 13.9 Å². The number of aromatic nitrogens is 3. The topological polar surface area (TPSA) is 47.8 Å². The molecule has 0 N–H and O–H groups in total. The van der Waals surface area contributed by atoms with Gasteiger partial charge in [-0.15, -0.1) is 3.89 Å². The molecule has 0 bridgehead atoms. The van der Waals surface area contributed by atoms with Crippen LogP contribution in [0.4, 0.5) is 17.1 Å². The number of hydrogen-bond acceptors (Lipinski definition) is 4. The normalized spacial score (nSPS) is 11.9. The van der Waals surface area contributed by atoms with Gasteiger partial charge in [0.1, 0.15) is 5.69 Å². The molecule has 25 heavy (non-hydrogen) atoms. The molecule has 10 heteroatoms. The van der Waals surface area contributed by atoms with E-state index in [9.17, 15) is 21.9 Å². The van der Waals surface area contributed by atoms with Gasteiger partial charge in [0.25, 0.3) is 5.56 Å². The summed E-state index contributed by atoms with van der Waals surface area (Å²) in [4.78, 5) is 20.5. The molecule has 130 valence electrons. The fourth-order valence-corrected chi connectivity index (χ4v) is 3.29. The predicted octanol–water partition coefficient (Wildman–Crippen LogP) is 4.93. The Morgan fingerprint density at radius 1 is 1.24 bits per heavy atom. The highest BCUT2D eigenvalue weighted by atomic mass is 79.9. The monoisotopic (exact) mass is 433 g/mol. The molecule has 4 nitrogen and oxygen atoms in total. The van der Waals surface area contributed by atoms with E-state index < -0.39 is 29.6 Å². The van der Waals surface area contributed by atoms with Crippen LogP contribution in [0.2, 0.25) is 0 Å². The van der Waals surface area contributed by atoms with Crippen LogP contribution in [-0.4, -0.2) is 13.9 Å². The summed E-state index contributed by atoms with van der Waals surface area (Å²) in [5, 5.41) is 0.146. The summed E-state index contributed by atoms with van der Waals surface area (Å²) in [7, 11) is 0. The quantitative estimate of drug-likeness (QED) is 0.537. The lowest BCUT2D eigenvalue weighted by molar-refractivity contribution is -0.137. The Balaban J connectivity index is 2.35. The summed E-state index contributed by atoms with van der Waals surface area (Å²) in [6.07, 6.45) is -3.65. The molecule has 1 aromatic carbocycles. The lowest BCUT2D eigenvalue weighted by Crippen LogP contribution is -2.19. The highest BCUT2D eigenvalue weighted by Crippen LogP contribution is 2.32. The summed E-state index contributed by atoms with van der Waals surface area (Å²) in [5.41, 5.74) is -1.05. The summed E-state index contributed by atoms with van der Waals surface area (Å²) in [6, 6.07) is 4.70. The van der Waals surface area contributed by atoms with Crippen molar-refractivity contribution < 1.29 is 17.1 Å². The molecule has 0 saturated heterocycles. The van der Waals surface area contributed by atoms with Crippen molar-refractivity contribution in [2.75, 3.05) is 0 Å². The van der Waals surface area contributed by atoms with Gasteiger partial charge >= 0.3 is 6.18 Å². The molecule has 0 unspecified atom stereocenters. The fraction of sp³-hybridized carbons (Fsp3) is 0.133. The van der Waals surface area contributed by atoms with E-state index in [-0.39, 0.29) is 22.4 Å². The third kappa shape index (κ3) is 3.28. The summed E-state index contributed by atoms with van der Waals surface area (Å²) >= 11 is 2.81. The molecule has 0 aliphatic rings. The number of rotatable bonds is 2. The van der Waals surface area contributed by atoms with E-state index in [1.807, 2.05) is 0 Å². The summed E-state index contributed by atoms with van der Waals surface area (Å²) in [6.45, 7) is 1.69. The van der Waals surface area contributed by atoms with Crippen molar-refractivity contribution in [1.29, 1.82) is 0 Å². The first-order chi connectivity index (χ1) is 11.7. The van der Waals surface area contributed by atoms with Crippen LogP contribution in [-0.2, 0) is 6.18 Å². The van der Waals surface area contributed by atoms with Crippen molar-refractivity contribution in [3.05, 3.63) is 56.4 Å². The van der Waals surface area contributed by atoms with E-state index in [4.69, 9.17) is 0 Å². The van der Waals surface area contributed by atoms with Crippen LogP contribution >= 0.6 is 28.3 Å². The van der Waals surface area contributed by atoms with Crippen molar-refractivity contribution in [3.8, 4) is 11.5 Å². The largest absolute Gasteiger partial charge is 0.416 e. The lowest BCUT2D eigenvalue weighted by atomic mass is 10.1. The second-order valence-corrected chi connectivity index (χ2v) is 6.57. The SMILES string of the molecule is Cc1cc(Br)cc2c(=O)n(SF)c(-c3cc(C(F)(F)F)ccn3)nc12. The summed E-state index contributed by atoms with van der Waals surface area (Å²) in [5.74, 6) is -0.290. The van der Waals surface area contributed by atoms with E-state index in [1.54, 1.807) is 13.0 Å². The lowest BCUT2D eigenvalue weighted by Gasteiger charge is -2.12. The maximum absolute atomic E-state index is 13.4. The zero-order chi connectivity index (χ0) is 18.4. The Morgan fingerprint density at radius 3 is 2.60 bits per heavy atom. The molecule has 0 fully saturated rings. The minimum Gasteiger partial charge on any atom is -0.268 e. The number of fused-ring (bicyclic) bond motifs is 1. The number of hydrogen-bond donors (Lipinski definition) is 0. The second-order valence-electron chi connectivity index (χ2n) is 5.15. The molecule has 0 atom stereocenters. The number of pyridine rings is 1. The maximum atomic E-state index is 13.4. The first kappa shape index (κ1) is 17.9. The standard InChI is InChI=1S/C15H8BrF4N3OS/c1-7-4-9(16)6-10-12(7)22-13(23(25-20)14(10)24)11-5-8(2-3-21-11)15(17,18)19/h2-6H,1H3. The van der Waals surface area contributed by atoms with Crippen LogP contribution in [0.25, 0.3) is 22.4 Å². The number of halogens is 5. The van der Waals surface area contributed by atoms with Crippen LogP contribution in [0, 0.1) is 6.92 Å². The molecular formula is C15H8BrF4N3OS. The predicted molar refractivity (Wildman–Crippen MR) is 90.8 cm³/mol. The van der Waals surface area contributed by atoms with Crippen LogP contribution in [0.1, 0.15) is 11.1 Å². The minimum atomic E-state index is -4.59. The third-order valence-electron chi connectivity index (χ3n) is 3.48. The van der Waals surface area contributed by atoms with Gasteiger partial charge in [0.05, 0.1) is 16.5 Å². The van der Waals surface area contributed by atoms with Gasteiger partial charge in [-0.3, -0.25) is 9.78 Å². The van der Waals surface area contributed by atoms with Gasteiger partial charge in [0.15, 0.2) is 18.2 Å². The zero-order valence-electron chi connectivity index (χ0n) is 12.4. The van der Waals surface area contributed by atoms with Gasteiger partial charge in [-0.2, -0.15) is 13.2 Å². The number of benzene rings is 1. The molecule has 0 aliphatic carbocycles. The molecule has 2 aromatic heterocycles. The molecule has 0 amide bonds. The van der Waals surface area contributed by atoms with Crippen molar-refractivity contribution in [3.63, 3.8) is 0 Å². The smallest absolute Gasteiger partial charge is 0.268 e. The Morgan fingerprint density at radius 2 is 1.96 bits per heavy atom. The van der Waals surface area contributed by atoms with E-state index in [0.29, 0.717) is 14.0 Å². The molecule has 3 aromatic rings. The van der Waals surface area contributed by atoms with Gasteiger partial charge in [-0.05, 0) is 36.8 Å². The van der Waals surface area contributed by atoms with Gasteiger partial charge in [0.2, 0.25) is 0 Å². The van der Waals surface area contributed by atoms with Crippen molar-refractivity contribution in [2.45, 2.75) is 13.1 Å². The number of nitrogens with zero attached hydrogens (tertiary/aromatic N) is 3. The van der Waals surface area contributed by atoms with Gasteiger partial charge in [0, 0.05) is 10.7 Å². The number of alkyl halides is 3. The van der Waals surface area contributed by atoms with Crippen LogP contribution in [0.5, 0.6) is 0 Å². The highest BCUT2D eigenvalue weighted by Gasteiger charge is 2.31. The van der Waals surface area contributed by atoms with Crippen molar-refractivity contribution in [2.24, 2.45) is 0 Å². The van der Waals surface area contributed by atoms with E-state index in [1.165, 1.54) is 6.07 Å². The molecule has 0 aliphatic heterocycles. The molecule has 0 saturated carbocycles. The Kier molecular flexibility index (Phi) is 4.58. The van der Waals surface area contributed by atoms with E-state index in [2.05, 4.69) is 25.9 Å². The average Bonchev–Trinajstić information content (AvgIpc) is 2.55. The first-order valence-electron chi connectivity index (χ1n) is 6.78. The van der Waals surface area contributed by atoms with Gasteiger partial charge in [-0.1, -0.05) is 15.9 Å².